The number of anilines is 1. The average molecular weight is 477 g/mol. The highest BCUT2D eigenvalue weighted by Gasteiger charge is 2.26. The summed E-state index contributed by atoms with van der Waals surface area (Å²) in [6.45, 7) is 9.91. The lowest BCUT2D eigenvalue weighted by Gasteiger charge is -2.21. The van der Waals surface area contributed by atoms with Gasteiger partial charge in [-0.05, 0) is 75.9 Å². The van der Waals surface area contributed by atoms with E-state index in [1.165, 1.54) is 24.5 Å². The fraction of sp³-hybridized carbons (Fsp3) is 0.462. The summed E-state index contributed by atoms with van der Waals surface area (Å²) in [5.41, 5.74) is 3.70. The van der Waals surface area contributed by atoms with Crippen molar-refractivity contribution >= 4 is 28.8 Å². The van der Waals surface area contributed by atoms with E-state index >= 15 is 0 Å². The Bertz CT molecular complexity index is 1240. The molecule has 2 aliphatic rings. The van der Waals surface area contributed by atoms with Crippen molar-refractivity contribution in [1.82, 2.24) is 24.5 Å². The number of aromatic nitrogens is 3. The summed E-state index contributed by atoms with van der Waals surface area (Å²) < 4.78 is 7.29. The van der Waals surface area contributed by atoms with E-state index in [1.54, 1.807) is 13.0 Å². The second kappa shape index (κ2) is 10.0. The number of carbonyl (C=O) groups excluding carboxylic acids is 2. The maximum absolute atomic E-state index is 12.9. The van der Waals surface area contributed by atoms with E-state index in [0.29, 0.717) is 24.7 Å². The van der Waals surface area contributed by atoms with Crippen LogP contribution in [0.1, 0.15) is 60.0 Å². The van der Waals surface area contributed by atoms with E-state index in [9.17, 15) is 9.59 Å². The first-order valence-electron chi connectivity index (χ1n) is 12.4. The summed E-state index contributed by atoms with van der Waals surface area (Å²) in [5.74, 6) is 0.226. The molecule has 9 heteroatoms. The van der Waals surface area contributed by atoms with Crippen molar-refractivity contribution in [2.24, 2.45) is 0 Å². The lowest BCUT2D eigenvalue weighted by Crippen LogP contribution is -2.30. The van der Waals surface area contributed by atoms with E-state index in [1.807, 2.05) is 4.90 Å². The minimum Gasteiger partial charge on any atom is -0.351 e. The molecule has 9 nitrogen and oxygen atoms in total. The zero-order valence-corrected chi connectivity index (χ0v) is 20.2. The maximum Gasteiger partial charge on any atom is 0.296 e. The van der Waals surface area contributed by atoms with Gasteiger partial charge in [-0.15, -0.1) is 0 Å². The molecule has 0 radical (unpaired) electrons. The third kappa shape index (κ3) is 5.00. The highest BCUT2D eigenvalue weighted by Crippen LogP contribution is 2.32. The molecule has 1 atom stereocenters. The zero-order valence-electron chi connectivity index (χ0n) is 20.2. The van der Waals surface area contributed by atoms with Crippen LogP contribution >= 0.6 is 0 Å². The molecule has 0 bridgehead atoms. The second-order valence-electron chi connectivity index (χ2n) is 9.51. The first-order valence-corrected chi connectivity index (χ1v) is 12.4. The van der Waals surface area contributed by atoms with E-state index in [0.717, 1.165) is 49.9 Å². The molecule has 5 rings (SSSR count). The molecule has 1 aromatic carbocycles. The van der Waals surface area contributed by atoms with Crippen molar-refractivity contribution in [1.29, 1.82) is 0 Å². The van der Waals surface area contributed by atoms with Gasteiger partial charge in [-0.25, -0.2) is 4.98 Å². The first kappa shape index (κ1) is 23.3. The van der Waals surface area contributed by atoms with E-state index in [2.05, 4.69) is 44.7 Å². The number of amides is 2. The Morgan fingerprint density at radius 3 is 2.71 bits per heavy atom. The number of carbonyl (C=O) groups is 2. The molecule has 0 unspecified atom stereocenters. The van der Waals surface area contributed by atoms with Gasteiger partial charge in [0.05, 0.1) is 16.7 Å². The molecule has 3 aromatic rings. The largest absolute Gasteiger partial charge is 0.351 e. The zero-order chi connectivity index (χ0) is 24.4. The number of nitrogens with zero attached hydrogens (tertiary/aromatic N) is 5. The minimum atomic E-state index is -0.378. The number of nitrogens with one attached hydrogen (secondary N) is 1. The highest BCUT2D eigenvalue weighted by molar-refractivity contribution is 6.02. The number of benzene rings is 1. The summed E-state index contributed by atoms with van der Waals surface area (Å²) in [4.78, 5) is 34.3. The van der Waals surface area contributed by atoms with Gasteiger partial charge < -0.3 is 14.0 Å². The molecule has 35 heavy (non-hydrogen) atoms. The Hall–Kier alpha value is -3.46. The van der Waals surface area contributed by atoms with Crippen molar-refractivity contribution in [2.75, 3.05) is 31.5 Å². The quantitative estimate of drug-likeness (QED) is 0.542. The Balaban J connectivity index is 1.47. The Kier molecular flexibility index (Phi) is 6.68. The van der Waals surface area contributed by atoms with Crippen LogP contribution in [0, 0.1) is 6.92 Å². The van der Waals surface area contributed by atoms with Gasteiger partial charge in [0.2, 0.25) is 17.6 Å². The van der Waals surface area contributed by atoms with Crippen LogP contribution in [-0.4, -0.2) is 62.5 Å². The number of imidazole rings is 1. The molecule has 2 fully saturated rings. The summed E-state index contributed by atoms with van der Waals surface area (Å²) in [6, 6.07) is 8.11. The van der Waals surface area contributed by atoms with Crippen LogP contribution in [0.2, 0.25) is 0 Å². The number of hydrogen-bond acceptors (Lipinski definition) is 6. The fourth-order valence-electron chi connectivity index (χ4n) is 5.22. The smallest absolute Gasteiger partial charge is 0.296 e. The fourth-order valence-corrected chi connectivity index (χ4v) is 5.22. The van der Waals surface area contributed by atoms with Crippen molar-refractivity contribution < 1.29 is 14.1 Å². The predicted molar refractivity (Wildman–Crippen MR) is 133 cm³/mol. The Morgan fingerprint density at radius 1 is 1.14 bits per heavy atom. The topological polar surface area (TPSA) is 96.5 Å². The number of hydrogen-bond donors (Lipinski definition) is 1. The minimum absolute atomic E-state index is 0.0399. The molecule has 1 N–H and O–H groups in total. The van der Waals surface area contributed by atoms with Crippen LogP contribution in [0.3, 0.4) is 0 Å². The summed E-state index contributed by atoms with van der Waals surface area (Å²) in [7, 11) is 0. The third-order valence-electron chi connectivity index (χ3n) is 6.98. The molecule has 184 valence electrons. The molecule has 0 spiro atoms. The molecule has 2 amide bonds. The first-order chi connectivity index (χ1) is 17.0. The van der Waals surface area contributed by atoms with Crippen molar-refractivity contribution in [2.45, 2.75) is 51.6 Å². The van der Waals surface area contributed by atoms with Crippen LogP contribution in [0.4, 0.5) is 5.95 Å². The average Bonchev–Trinajstić information content (AvgIpc) is 3.55. The van der Waals surface area contributed by atoms with Gasteiger partial charge in [0.25, 0.3) is 5.91 Å². The summed E-state index contributed by atoms with van der Waals surface area (Å²) in [5, 5.41) is 6.78. The molecule has 2 saturated heterocycles. The molecule has 2 aromatic heterocycles. The van der Waals surface area contributed by atoms with E-state index in [4.69, 9.17) is 9.51 Å². The van der Waals surface area contributed by atoms with Crippen molar-refractivity contribution in [3.05, 3.63) is 53.9 Å². The van der Waals surface area contributed by atoms with Crippen molar-refractivity contribution in [3.8, 4) is 0 Å². The number of rotatable bonds is 6. The molecule has 0 saturated carbocycles. The Labute approximate surface area is 204 Å². The molecular weight excluding hydrogens is 444 g/mol. The second-order valence-corrected chi connectivity index (χ2v) is 9.51. The van der Waals surface area contributed by atoms with Gasteiger partial charge in [-0.2, -0.15) is 0 Å². The monoisotopic (exact) mass is 476 g/mol. The lowest BCUT2D eigenvalue weighted by molar-refractivity contribution is -0.125. The lowest BCUT2D eigenvalue weighted by atomic mass is 10.1. The van der Waals surface area contributed by atoms with Crippen LogP contribution in [0.25, 0.3) is 11.0 Å². The maximum atomic E-state index is 12.9. The van der Waals surface area contributed by atoms with Crippen LogP contribution < -0.4 is 5.32 Å². The third-order valence-corrected chi connectivity index (χ3v) is 6.98. The number of fused-ring (bicyclic) bond motifs is 1. The molecule has 0 aliphatic carbocycles. The van der Waals surface area contributed by atoms with E-state index < -0.39 is 0 Å². The van der Waals surface area contributed by atoms with Crippen LogP contribution in [0.5, 0.6) is 0 Å². The van der Waals surface area contributed by atoms with E-state index in [-0.39, 0.29) is 23.6 Å². The van der Waals surface area contributed by atoms with Crippen LogP contribution in [-0.2, 0) is 11.3 Å². The SMILES string of the molecule is C=CC(=O)N1CCC[C@@H](n2c(NC(=O)c3cc(C)no3)nc3cc(CN4CCCC4)ccc32)CC1. The standard InChI is InChI=1S/C26H32N6O3/c1-3-24(33)31-13-6-7-20(10-14-31)32-22-9-8-19(17-30-11-4-5-12-30)16-21(22)27-26(32)28-25(34)23-15-18(2)29-35-23/h3,8-9,15-16,20H,1,4-7,10-14,17H2,2H3,(H,27,28,34)/t20-/m1/s1. The van der Waals surface area contributed by atoms with Gasteiger partial charge in [0.15, 0.2) is 0 Å². The van der Waals surface area contributed by atoms with Gasteiger partial charge in [0, 0.05) is 31.7 Å². The van der Waals surface area contributed by atoms with Gasteiger partial charge >= 0.3 is 0 Å². The van der Waals surface area contributed by atoms with Crippen LogP contribution in [0.15, 0.2) is 41.4 Å². The summed E-state index contributed by atoms with van der Waals surface area (Å²) >= 11 is 0. The molecule has 2 aliphatic heterocycles. The number of aryl methyl sites for hydroxylation is 1. The molecular formula is C26H32N6O3. The highest BCUT2D eigenvalue weighted by atomic mass is 16.5. The van der Waals surface area contributed by atoms with Gasteiger partial charge in [-0.1, -0.05) is 17.8 Å². The number of likely N-dealkylation sites (tertiary alicyclic amines) is 2. The predicted octanol–water partition coefficient (Wildman–Crippen LogP) is 3.92. The van der Waals surface area contributed by atoms with Gasteiger partial charge in [-0.3, -0.25) is 19.8 Å². The normalized spacial score (nSPS) is 19.1. The summed E-state index contributed by atoms with van der Waals surface area (Å²) in [6.07, 6.45) is 6.39. The Morgan fingerprint density at radius 2 is 1.97 bits per heavy atom. The molecule has 4 heterocycles. The van der Waals surface area contributed by atoms with Gasteiger partial charge in [0.1, 0.15) is 0 Å². The van der Waals surface area contributed by atoms with Crippen molar-refractivity contribution in [3.63, 3.8) is 0 Å².